The fourth-order valence-corrected chi connectivity index (χ4v) is 3.04. The van der Waals surface area contributed by atoms with Crippen LogP contribution in [-0.4, -0.2) is 24.0 Å². The molecule has 0 spiro atoms. The first-order chi connectivity index (χ1) is 8.16. The van der Waals surface area contributed by atoms with E-state index in [-0.39, 0.29) is 11.6 Å². The van der Waals surface area contributed by atoms with Crippen molar-refractivity contribution in [2.45, 2.75) is 6.42 Å². The van der Waals surface area contributed by atoms with E-state index >= 15 is 0 Å². The second-order valence-electron chi connectivity index (χ2n) is 4.18. The summed E-state index contributed by atoms with van der Waals surface area (Å²) in [4.78, 5) is 11.7. The van der Waals surface area contributed by atoms with Crippen LogP contribution < -0.4 is 11.1 Å². The molecule has 5 heteroatoms. The molecule has 0 aromatic heterocycles. The van der Waals surface area contributed by atoms with Gasteiger partial charge in [-0.15, -0.1) is 0 Å². The number of nitrogens with one attached hydrogen (secondary N) is 1. The molecular weight excluding hydrogens is 239 g/mol. The number of rotatable bonds is 3. The predicted molar refractivity (Wildman–Crippen MR) is 68.6 cm³/mol. The zero-order valence-corrected chi connectivity index (χ0v) is 10.2. The minimum Gasteiger partial charge on any atom is -0.396 e. The second-order valence-corrected chi connectivity index (χ2v) is 5.33. The van der Waals surface area contributed by atoms with Crippen LogP contribution in [0, 0.1) is 11.7 Å². The van der Waals surface area contributed by atoms with Crippen LogP contribution in [0.4, 0.5) is 10.1 Å². The first-order valence-corrected chi connectivity index (χ1v) is 6.73. The van der Waals surface area contributed by atoms with Crippen LogP contribution in [0.2, 0.25) is 0 Å². The first-order valence-electron chi connectivity index (χ1n) is 5.58. The number of hydrogen-bond donors (Lipinski definition) is 2. The second kappa shape index (κ2) is 5.40. The summed E-state index contributed by atoms with van der Waals surface area (Å²) in [6.07, 6.45) is 1.14. The largest absolute Gasteiger partial charge is 0.396 e. The molecule has 1 atom stereocenters. The fourth-order valence-electron chi connectivity index (χ4n) is 1.75. The Morgan fingerprint density at radius 2 is 2.41 bits per heavy atom. The molecule has 1 aliphatic rings. The number of halogens is 1. The van der Waals surface area contributed by atoms with Gasteiger partial charge in [0.15, 0.2) is 0 Å². The molecule has 1 amide bonds. The van der Waals surface area contributed by atoms with Gasteiger partial charge in [-0.25, -0.2) is 4.39 Å². The van der Waals surface area contributed by atoms with E-state index < -0.39 is 5.82 Å². The highest BCUT2D eigenvalue weighted by atomic mass is 32.2. The van der Waals surface area contributed by atoms with Crippen molar-refractivity contribution in [2.24, 2.45) is 5.92 Å². The molecule has 3 nitrogen and oxygen atoms in total. The van der Waals surface area contributed by atoms with Crippen molar-refractivity contribution in [1.82, 2.24) is 5.32 Å². The molecule has 1 unspecified atom stereocenters. The van der Waals surface area contributed by atoms with E-state index in [2.05, 4.69) is 5.32 Å². The van der Waals surface area contributed by atoms with Crippen LogP contribution >= 0.6 is 11.8 Å². The predicted octanol–water partition coefficient (Wildman–Crippen LogP) is 1.89. The Hall–Kier alpha value is -1.23. The number of carbonyl (C=O) groups is 1. The molecule has 1 aliphatic heterocycles. The van der Waals surface area contributed by atoms with Gasteiger partial charge in [0.1, 0.15) is 5.82 Å². The van der Waals surface area contributed by atoms with Gasteiger partial charge in [0.2, 0.25) is 0 Å². The SMILES string of the molecule is Nc1ccc(C(=O)NCC2CCSC2)cc1F. The summed E-state index contributed by atoms with van der Waals surface area (Å²) in [7, 11) is 0. The van der Waals surface area contributed by atoms with Gasteiger partial charge >= 0.3 is 0 Å². The Balaban J connectivity index is 1.92. The van der Waals surface area contributed by atoms with Gasteiger partial charge in [0.05, 0.1) is 5.69 Å². The van der Waals surface area contributed by atoms with Crippen LogP contribution in [0.5, 0.6) is 0 Å². The van der Waals surface area contributed by atoms with Crippen molar-refractivity contribution in [3.05, 3.63) is 29.6 Å². The van der Waals surface area contributed by atoms with E-state index in [0.717, 1.165) is 17.9 Å². The fraction of sp³-hybridized carbons (Fsp3) is 0.417. The smallest absolute Gasteiger partial charge is 0.251 e. The number of nitrogens with two attached hydrogens (primary N) is 1. The Bertz CT molecular complexity index is 419. The van der Waals surface area contributed by atoms with E-state index in [9.17, 15) is 9.18 Å². The molecule has 2 rings (SSSR count). The molecule has 1 heterocycles. The summed E-state index contributed by atoms with van der Waals surface area (Å²) in [5.41, 5.74) is 5.74. The van der Waals surface area contributed by atoms with Crippen LogP contribution in [0.1, 0.15) is 16.8 Å². The number of nitrogen functional groups attached to an aromatic ring is 1. The minimum absolute atomic E-state index is 0.0637. The first kappa shape index (κ1) is 12.2. The summed E-state index contributed by atoms with van der Waals surface area (Å²) >= 11 is 1.91. The lowest BCUT2D eigenvalue weighted by atomic mass is 10.1. The molecule has 1 aromatic rings. The number of anilines is 1. The number of carbonyl (C=O) groups excluding carboxylic acids is 1. The van der Waals surface area contributed by atoms with Crippen molar-refractivity contribution in [3.63, 3.8) is 0 Å². The van der Waals surface area contributed by atoms with Gasteiger partial charge in [0, 0.05) is 12.1 Å². The van der Waals surface area contributed by atoms with E-state index in [1.54, 1.807) is 0 Å². The Morgan fingerprint density at radius 1 is 1.59 bits per heavy atom. The summed E-state index contributed by atoms with van der Waals surface area (Å²) in [6, 6.07) is 4.13. The third-order valence-corrected chi connectivity index (χ3v) is 4.07. The topological polar surface area (TPSA) is 55.1 Å². The summed E-state index contributed by atoms with van der Waals surface area (Å²) < 4.78 is 13.2. The Morgan fingerprint density at radius 3 is 3.06 bits per heavy atom. The highest BCUT2D eigenvalue weighted by molar-refractivity contribution is 7.99. The number of amides is 1. The van der Waals surface area contributed by atoms with Gasteiger partial charge in [-0.2, -0.15) is 11.8 Å². The lowest BCUT2D eigenvalue weighted by molar-refractivity contribution is 0.0948. The Kier molecular flexibility index (Phi) is 3.89. The van der Waals surface area contributed by atoms with Crippen LogP contribution in [0.25, 0.3) is 0 Å². The lowest BCUT2D eigenvalue weighted by Gasteiger charge is -2.10. The summed E-state index contributed by atoms with van der Waals surface area (Å²) in [5.74, 6) is 2.02. The lowest BCUT2D eigenvalue weighted by Crippen LogP contribution is -2.29. The zero-order chi connectivity index (χ0) is 12.3. The van der Waals surface area contributed by atoms with Gasteiger partial charge in [-0.05, 0) is 42.0 Å². The number of benzene rings is 1. The normalized spacial score (nSPS) is 19.2. The van der Waals surface area contributed by atoms with Crippen molar-refractivity contribution >= 4 is 23.4 Å². The standard InChI is InChI=1S/C12H15FN2OS/c13-10-5-9(1-2-11(10)14)12(16)15-6-8-3-4-17-7-8/h1-2,5,8H,3-4,6-7,14H2,(H,15,16). The van der Waals surface area contributed by atoms with Gasteiger partial charge in [-0.1, -0.05) is 0 Å². The summed E-state index contributed by atoms with van der Waals surface area (Å²) in [5, 5.41) is 2.83. The third-order valence-electron chi connectivity index (χ3n) is 2.84. The molecule has 1 aromatic carbocycles. The molecule has 3 N–H and O–H groups in total. The van der Waals surface area contributed by atoms with Crippen molar-refractivity contribution < 1.29 is 9.18 Å². The maximum Gasteiger partial charge on any atom is 0.251 e. The van der Waals surface area contributed by atoms with Crippen molar-refractivity contribution in [2.75, 3.05) is 23.8 Å². The van der Waals surface area contributed by atoms with Crippen LogP contribution in [0.15, 0.2) is 18.2 Å². The van der Waals surface area contributed by atoms with Gasteiger partial charge < -0.3 is 11.1 Å². The maximum absolute atomic E-state index is 13.2. The van der Waals surface area contributed by atoms with Gasteiger partial charge in [-0.3, -0.25) is 4.79 Å². The monoisotopic (exact) mass is 254 g/mol. The van der Waals surface area contributed by atoms with Gasteiger partial charge in [0.25, 0.3) is 5.91 Å². The molecule has 17 heavy (non-hydrogen) atoms. The minimum atomic E-state index is -0.547. The third kappa shape index (κ3) is 3.12. The van der Waals surface area contributed by atoms with E-state index in [1.807, 2.05) is 11.8 Å². The molecule has 0 radical (unpaired) electrons. The zero-order valence-electron chi connectivity index (χ0n) is 9.41. The van der Waals surface area contributed by atoms with E-state index in [1.165, 1.54) is 18.2 Å². The van der Waals surface area contributed by atoms with E-state index in [0.29, 0.717) is 18.0 Å². The van der Waals surface area contributed by atoms with E-state index in [4.69, 9.17) is 5.73 Å². The molecule has 1 fully saturated rings. The molecule has 92 valence electrons. The highest BCUT2D eigenvalue weighted by Crippen LogP contribution is 2.22. The Labute approximate surface area is 104 Å². The molecular formula is C12H15FN2OS. The average molecular weight is 254 g/mol. The highest BCUT2D eigenvalue weighted by Gasteiger charge is 2.16. The van der Waals surface area contributed by atoms with Crippen molar-refractivity contribution in [3.8, 4) is 0 Å². The molecule has 0 aliphatic carbocycles. The van der Waals surface area contributed by atoms with Crippen molar-refractivity contribution in [1.29, 1.82) is 0 Å². The molecule has 0 saturated carbocycles. The molecule has 1 saturated heterocycles. The number of thioether (sulfide) groups is 1. The maximum atomic E-state index is 13.2. The number of hydrogen-bond acceptors (Lipinski definition) is 3. The quantitative estimate of drug-likeness (QED) is 0.810. The molecule has 0 bridgehead atoms. The summed E-state index contributed by atoms with van der Waals surface area (Å²) in [6.45, 7) is 0.665. The van der Waals surface area contributed by atoms with Crippen LogP contribution in [-0.2, 0) is 0 Å². The van der Waals surface area contributed by atoms with Crippen LogP contribution in [0.3, 0.4) is 0 Å². The average Bonchev–Trinajstić information content (AvgIpc) is 2.82.